The second kappa shape index (κ2) is 17.8. The molecule has 10 heteroatoms. The first kappa shape index (κ1) is 42.7. The molecule has 12 aromatic rings. The number of aromatic nitrogens is 2. The van der Waals surface area contributed by atoms with Crippen LogP contribution < -0.4 is 11.1 Å². The molecule has 0 saturated carbocycles. The molecule has 332 valence electrons. The van der Waals surface area contributed by atoms with Gasteiger partial charge in [-0.2, -0.15) is 0 Å². The van der Waals surface area contributed by atoms with Gasteiger partial charge in [0.25, 0.3) is 11.1 Å². The van der Waals surface area contributed by atoms with Crippen molar-refractivity contribution in [3.8, 4) is 39.0 Å². The van der Waals surface area contributed by atoms with Crippen LogP contribution in [0, 0.1) is 0 Å². The summed E-state index contributed by atoms with van der Waals surface area (Å²) in [6, 6.07) is 35.1. The van der Waals surface area contributed by atoms with Gasteiger partial charge in [0.2, 0.25) is 0 Å². The second-order valence-electron chi connectivity index (χ2n) is 18.0. The van der Waals surface area contributed by atoms with Crippen molar-refractivity contribution in [1.29, 1.82) is 0 Å². The van der Waals surface area contributed by atoms with Crippen LogP contribution in [0.1, 0.15) is 101 Å². The van der Waals surface area contributed by atoms with Gasteiger partial charge in [0.05, 0.1) is 31.5 Å². The molecule has 0 radical (unpaired) electrons. The third kappa shape index (κ3) is 7.38. The smallest absolute Gasteiger partial charge is 0.263 e. The van der Waals surface area contributed by atoms with E-state index in [0.717, 1.165) is 53.0 Å². The van der Waals surface area contributed by atoms with Gasteiger partial charge in [-0.25, -0.2) is 0 Å². The molecule has 0 saturated heterocycles. The maximum absolute atomic E-state index is 14.6. The molecule has 0 unspecified atom stereocenters. The Balaban J connectivity index is 0.837. The summed E-state index contributed by atoms with van der Waals surface area (Å²) >= 11 is 11.0. The van der Waals surface area contributed by atoms with E-state index in [0.29, 0.717) is 10.8 Å². The number of pyridine rings is 2. The number of benzene rings is 2. The molecule has 0 amide bonds. The van der Waals surface area contributed by atoms with Gasteiger partial charge in [-0.15, -0.1) is 68.0 Å². The fraction of sp³-hybridized carbons (Fsp3) is 0.286. The number of aryl methyl sites for hydroxylation is 2. The third-order valence-electron chi connectivity index (χ3n) is 13.6. The van der Waals surface area contributed by atoms with Crippen molar-refractivity contribution in [2.45, 2.75) is 104 Å². The van der Waals surface area contributed by atoms with E-state index in [-0.39, 0.29) is 11.1 Å². The Bertz CT molecular complexity index is 3570. The zero-order valence-corrected chi connectivity index (χ0v) is 42.2. The van der Waals surface area contributed by atoms with Crippen LogP contribution >= 0.6 is 68.0 Å². The molecule has 0 bridgehead atoms. The van der Waals surface area contributed by atoms with Crippen LogP contribution in [0.25, 0.3) is 103 Å². The first-order valence-electron chi connectivity index (χ1n) is 23.8. The summed E-state index contributed by atoms with van der Waals surface area (Å²) in [5.74, 6) is 0. The molecule has 10 aromatic heterocycles. The summed E-state index contributed by atoms with van der Waals surface area (Å²) in [6.07, 6.45) is 18.2. The minimum Gasteiger partial charge on any atom is -0.275 e. The van der Waals surface area contributed by atoms with Gasteiger partial charge in [0.1, 0.15) is 0 Å². The van der Waals surface area contributed by atoms with Crippen LogP contribution in [-0.2, 0) is 12.8 Å². The van der Waals surface area contributed by atoms with Crippen molar-refractivity contribution in [2.24, 2.45) is 0 Å². The van der Waals surface area contributed by atoms with Gasteiger partial charge in [-0.05, 0) is 111 Å². The maximum Gasteiger partial charge on any atom is 0.263 e. The highest BCUT2D eigenvalue weighted by molar-refractivity contribution is 7.29. The summed E-state index contributed by atoms with van der Waals surface area (Å²) in [6.45, 7) is 4.55. The lowest BCUT2D eigenvalue weighted by Gasteiger charge is -2.13. The van der Waals surface area contributed by atoms with Gasteiger partial charge in [-0.3, -0.25) is 18.4 Å². The van der Waals surface area contributed by atoms with E-state index < -0.39 is 0 Å². The average molecular weight is 975 g/mol. The predicted molar refractivity (Wildman–Crippen MR) is 294 cm³/mol. The lowest BCUT2D eigenvalue weighted by Crippen LogP contribution is -2.16. The third-order valence-corrected chi connectivity index (χ3v) is 21.0. The van der Waals surface area contributed by atoms with Crippen LogP contribution in [0.3, 0.4) is 0 Å². The molecule has 10 heterocycles. The molecule has 0 atom stereocenters. The highest BCUT2D eigenvalue weighted by Crippen LogP contribution is 2.46. The quantitative estimate of drug-likeness (QED) is 0.0635. The maximum atomic E-state index is 14.6. The zero-order valence-electron chi connectivity index (χ0n) is 37.3. The monoisotopic (exact) mass is 974 g/mol. The van der Waals surface area contributed by atoms with Crippen molar-refractivity contribution in [3.63, 3.8) is 0 Å². The fourth-order valence-electron chi connectivity index (χ4n) is 10.2. The first-order valence-corrected chi connectivity index (χ1v) is 28.7. The number of hydrogen-bond donors (Lipinski definition) is 0. The second-order valence-corrected chi connectivity index (χ2v) is 24.7. The SMILES string of the molecule is CCCCCCCCc1ccc(-c2ccc(-c3cc4c(cc5c6ccc7c8c(ccc(c(=O)n45)c68)c(=O)n4c5cc(-c6ccc(-c8ccc(CCCCCCCC)s8)s6)sc5cc74)s3)s2)s1. The Morgan fingerprint density at radius 3 is 1.15 bits per heavy atom. The number of hydrogen-bond acceptors (Lipinski definition) is 8. The standard InChI is InChI=1S/C56H50N2O2S6/c1-3-5-7-9-11-13-15-33-17-23-43(61-33)45-25-27-47(63-45)51-31-41-49(65-51)29-39-35-19-20-36-40-30-50-42(58(40)56(60)38-22-21-37(53(35)54(36)38)55(59)57(39)41)32-52(66-50)48-28-26-46(64-48)44-24-18-34(62-44)16-14-12-10-8-6-4-2/h17-32H,3-16H2,1-2H3. The number of unbranched alkanes of at least 4 members (excludes halogenated alkanes) is 10. The Morgan fingerprint density at radius 2 is 0.712 bits per heavy atom. The minimum absolute atomic E-state index is 0.0326. The van der Waals surface area contributed by atoms with Crippen molar-refractivity contribution in [1.82, 2.24) is 8.80 Å². The Kier molecular flexibility index (Phi) is 11.5. The van der Waals surface area contributed by atoms with E-state index in [4.69, 9.17) is 0 Å². The van der Waals surface area contributed by atoms with Gasteiger partial charge in [0.15, 0.2) is 0 Å². The van der Waals surface area contributed by atoms with Gasteiger partial charge in [-0.1, -0.05) is 90.2 Å². The molecule has 0 N–H and O–H groups in total. The summed E-state index contributed by atoms with van der Waals surface area (Å²) < 4.78 is 6.01. The fourth-order valence-corrected chi connectivity index (χ4v) is 16.9. The van der Waals surface area contributed by atoms with E-state index in [9.17, 15) is 9.59 Å². The molecular formula is C56H50N2O2S6. The summed E-state index contributed by atoms with van der Waals surface area (Å²) in [5, 5.41) is 5.11. The molecule has 0 spiro atoms. The van der Waals surface area contributed by atoms with Gasteiger partial charge < -0.3 is 0 Å². The lowest BCUT2D eigenvalue weighted by atomic mass is 9.95. The molecule has 4 nitrogen and oxygen atoms in total. The Hall–Kier alpha value is -4.68. The Morgan fingerprint density at radius 1 is 0.348 bits per heavy atom. The molecule has 0 aliphatic carbocycles. The first-order chi connectivity index (χ1) is 32.4. The minimum atomic E-state index is -0.0326. The molecule has 66 heavy (non-hydrogen) atoms. The Labute approximate surface area is 407 Å². The zero-order chi connectivity index (χ0) is 44.5. The van der Waals surface area contributed by atoms with E-state index in [2.05, 4.69) is 98.8 Å². The van der Waals surface area contributed by atoms with Crippen LogP contribution in [0.4, 0.5) is 0 Å². The van der Waals surface area contributed by atoms with Crippen LogP contribution in [0.2, 0.25) is 0 Å². The lowest BCUT2D eigenvalue weighted by molar-refractivity contribution is 0.609. The van der Waals surface area contributed by atoms with Crippen molar-refractivity contribution in [2.75, 3.05) is 0 Å². The molecule has 2 aromatic carbocycles. The normalized spacial score (nSPS) is 12.5. The van der Waals surface area contributed by atoms with Crippen LogP contribution in [-0.4, -0.2) is 8.80 Å². The van der Waals surface area contributed by atoms with Crippen LogP contribution in [0.5, 0.6) is 0 Å². The topological polar surface area (TPSA) is 43.0 Å². The number of nitrogens with zero attached hydrogens (tertiary/aromatic N) is 2. The highest BCUT2D eigenvalue weighted by Gasteiger charge is 2.23. The highest BCUT2D eigenvalue weighted by atomic mass is 32.1. The van der Waals surface area contributed by atoms with E-state index >= 15 is 0 Å². The van der Waals surface area contributed by atoms with E-state index in [1.807, 2.05) is 66.3 Å². The summed E-state index contributed by atoms with van der Waals surface area (Å²) in [5.41, 5.74) is 3.63. The van der Waals surface area contributed by atoms with Gasteiger partial charge >= 0.3 is 0 Å². The molecule has 0 aliphatic rings. The number of fused-ring (bicyclic) bond motifs is 8. The molecular weight excluding hydrogens is 925 g/mol. The average Bonchev–Trinajstić information content (AvgIpc) is 4.17. The van der Waals surface area contributed by atoms with Crippen LogP contribution in [0.15, 0.2) is 107 Å². The number of rotatable bonds is 18. The number of thiophene rings is 6. The molecule has 0 fully saturated rings. The van der Waals surface area contributed by atoms with Gasteiger partial charge in [0, 0.05) is 81.1 Å². The largest absolute Gasteiger partial charge is 0.275 e. The van der Waals surface area contributed by atoms with Crippen molar-refractivity contribution in [3.05, 3.63) is 128 Å². The van der Waals surface area contributed by atoms with E-state index in [1.54, 1.807) is 22.7 Å². The van der Waals surface area contributed by atoms with E-state index in [1.165, 1.54) is 139 Å². The van der Waals surface area contributed by atoms with Crippen molar-refractivity contribution >= 4 is 132 Å². The molecule has 12 rings (SSSR count). The van der Waals surface area contributed by atoms with Crippen molar-refractivity contribution < 1.29 is 0 Å². The summed E-state index contributed by atoms with van der Waals surface area (Å²) in [4.78, 5) is 42.3. The summed E-state index contributed by atoms with van der Waals surface area (Å²) in [7, 11) is 0. The predicted octanol–water partition coefficient (Wildman–Crippen LogP) is 18.4. The molecule has 0 aliphatic heterocycles.